The van der Waals surface area contributed by atoms with Crippen LogP contribution in [-0.4, -0.2) is 20.8 Å². The third-order valence-electron chi connectivity index (χ3n) is 1.93. The molecular weight excluding hydrogens is 182 g/mol. The first kappa shape index (κ1) is 8.68. The van der Waals surface area contributed by atoms with Crippen LogP contribution in [0, 0.1) is 0 Å². The summed E-state index contributed by atoms with van der Waals surface area (Å²) >= 11 is 0. The molecule has 0 aliphatic rings. The van der Waals surface area contributed by atoms with Crippen molar-refractivity contribution in [1.29, 1.82) is 0 Å². The molecule has 0 amide bonds. The minimum absolute atomic E-state index is 0.00106. The van der Waals surface area contributed by atoms with Gasteiger partial charge in [0.2, 0.25) is 0 Å². The minimum atomic E-state index is -0.00106. The third-order valence-corrected chi connectivity index (χ3v) is 1.93. The van der Waals surface area contributed by atoms with E-state index in [4.69, 9.17) is 0 Å². The molecule has 72 valence electrons. The summed E-state index contributed by atoms with van der Waals surface area (Å²) in [6.45, 7) is 1.66. The largest absolute Gasteiger partial charge is 0.350 e. The van der Waals surface area contributed by atoms with Crippen molar-refractivity contribution in [2.75, 3.05) is 0 Å². The summed E-state index contributed by atoms with van der Waals surface area (Å²) < 4.78 is 2.43. The summed E-state index contributed by atoms with van der Waals surface area (Å²) in [4.78, 5) is 10.9. The number of carbonyl (C=O) groups is 1. The highest BCUT2D eigenvalue weighted by Crippen LogP contribution is 2.07. The molecule has 2 aromatic rings. The van der Waals surface area contributed by atoms with Gasteiger partial charge in [-0.2, -0.15) is 0 Å². The maximum atomic E-state index is 10.9. The van der Waals surface area contributed by atoms with E-state index in [-0.39, 0.29) is 12.3 Å². The highest BCUT2D eigenvalue weighted by Gasteiger charge is 2.16. The zero-order valence-corrected chi connectivity index (χ0v) is 7.71. The first-order valence-electron chi connectivity index (χ1n) is 4.23. The molecule has 0 saturated heterocycles. The molecule has 0 aromatic carbocycles. The molecule has 2 heterocycles. The lowest BCUT2D eigenvalue weighted by atomic mass is 10.3. The Morgan fingerprint density at radius 2 is 2.50 bits per heavy atom. The number of aromatic nitrogens is 3. The molecule has 0 aliphatic carbocycles. The van der Waals surface area contributed by atoms with E-state index in [2.05, 4.69) is 5.10 Å². The van der Waals surface area contributed by atoms with E-state index in [1.807, 2.05) is 6.07 Å². The second-order valence-corrected chi connectivity index (χ2v) is 3.14. The number of carbonyl (C=O) groups excluding carboxylic acids is 1. The molecular formula is C9H10N3O2+. The molecule has 0 bridgehead atoms. The molecule has 5 heteroatoms. The first-order valence-corrected chi connectivity index (χ1v) is 4.23. The molecule has 0 radical (unpaired) electrons. The quantitative estimate of drug-likeness (QED) is 0.544. The van der Waals surface area contributed by atoms with Crippen molar-refractivity contribution < 1.29 is 14.7 Å². The highest BCUT2D eigenvalue weighted by molar-refractivity contribution is 5.78. The molecule has 0 atom stereocenters. The van der Waals surface area contributed by atoms with Crippen LogP contribution in [0.1, 0.15) is 6.92 Å². The standard InChI is InChI=1S/C9H10N3O2/c1-7(13)6-11-9-8(5-10-11)3-2-4-12(9)14/h2-5,14H,6H2,1H3/q+1. The smallest absolute Gasteiger partial charge is 0.350 e. The molecule has 5 nitrogen and oxygen atoms in total. The van der Waals surface area contributed by atoms with Gasteiger partial charge in [0.1, 0.15) is 6.20 Å². The average Bonchev–Trinajstić information content (AvgIpc) is 2.49. The number of hydrogen-bond acceptors (Lipinski definition) is 3. The second-order valence-electron chi connectivity index (χ2n) is 3.14. The van der Waals surface area contributed by atoms with Crippen molar-refractivity contribution in [3.05, 3.63) is 24.5 Å². The molecule has 0 fully saturated rings. The Balaban J connectivity index is 2.61. The van der Waals surface area contributed by atoms with Crippen LogP contribution in [0.3, 0.4) is 0 Å². The Morgan fingerprint density at radius 3 is 3.21 bits per heavy atom. The van der Waals surface area contributed by atoms with Crippen LogP contribution in [0.15, 0.2) is 24.5 Å². The van der Waals surface area contributed by atoms with Gasteiger partial charge in [-0.25, -0.2) is 0 Å². The van der Waals surface area contributed by atoms with Crippen LogP contribution < -0.4 is 4.73 Å². The molecule has 2 aromatic heterocycles. The number of hydrogen-bond donors (Lipinski definition) is 1. The van der Waals surface area contributed by atoms with Crippen LogP contribution in [0.25, 0.3) is 11.0 Å². The van der Waals surface area contributed by atoms with Crippen LogP contribution >= 0.6 is 0 Å². The predicted molar refractivity (Wildman–Crippen MR) is 47.8 cm³/mol. The Hall–Kier alpha value is -1.91. The molecule has 14 heavy (non-hydrogen) atoms. The lowest BCUT2D eigenvalue weighted by molar-refractivity contribution is -0.886. The minimum Gasteiger partial charge on any atom is -0.350 e. The van der Waals surface area contributed by atoms with Crippen molar-refractivity contribution in [2.24, 2.45) is 0 Å². The number of Topliss-reactive ketones (excluding diaryl/α,β-unsaturated/α-hetero) is 1. The normalized spacial score (nSPS) is 10.6. The van der Waals surface area contributed by atoms with Crippen molar-refractivity contribution in [3.63, 3.8) is 0 Å². The van der Waals surface area contributed by atoms with Gasteiger partial charge in [-0.15, -0.1) is 4.68 Å². The van der Waals surface area contributed by atoms with Gasteiger partial charge in [-0.3, -0.25) is 4.79 Å². The number of pyridine rings is 1. The molecule has 0 aliphatic heterocycles. The monoisotopic (exact) mass is 192 g/mol. The van der Waals surface area contributed by atoms with E-state index in [0.29, 0.717) is 5.65 Å². The summed E-state index contributed by atoms with van der Waals surface area (Å²) in [5.74, 6) is -0.00106. The summed E-state index contributed by atoms with van der Waals surface area (Å²) in [6.07, 6.45) is 3.12. The Morgan fingerprint density at radius 1 is 1.71 bits per heavy atom. The summed E-state index contributed by atoms with van der Waals surface area (Å²) in [5, 5.41) is 14.3. The van der Waals surface area contributed by atoms with Gasteiger partial charge in [0.05, 0.1) is 11.6 Å². The van der Waals surface area contributed by atoms with E-state index < -0.39 is 0 Å². The van der Waals surface area contributed by atoms with Gasteiger partial charge in [0.15, 0.2) is 12.3 Å². The van der Waals surface area contributed by atoms with Gasteiger partial charge >= 0.3 is 5.65 Å². The van der Waals surface area contributed by atoms with E-state index in [9.17, 15) is 10.0 Å². The first-order chi connectivity index (χ1) is 6.68. The lowest BCUT2D eigenvalue weighted by Crippen LogP contribution is -2.32. The second kappa shape index (κ2) is 3.10. The zero-order chi connectivity index (χ0) is 10.1. The highest BCUT2D eigenvalue weighted by atomic mass is 16.5. The van der Waals surface area contributed by atoms with Crippen LogP contribution in [-0.2, 0) is 11.3 Å². The van der Waals surface area contributed by atoms with E-state index in [1.54, 1.807) is 12.3 Å². The third kappa shape index (κ3) is 1.32. The molecule has 0 unspecified atom stereocenters. The molecule has 0 saturated carbocycles. The molecule has 2 rings (SSSR count). The zero-order valence-electron chi connectivity index (χ0n) is 7.71. The SMILES string of the molecule is CC(=O)Cn1ncc2ccc[n+](O)c21. The van der Waals surface area contributed by atoms with Crippen LogP contribution in [0.4, 0.5) is 0 Å². The fraction of sp³-hybridized carbons (Fsp3) is 0.222. The maximum absolute atomic E-state index is 10.9. The predicted octanol–water partition coefficient (Wildman–Crippen LogP) is 0.150. The van der Waals surface area contributed by atoms with Crippen LogP contribution in [0.5, 0.6) is 0 Å². The van der Waals surface area contributed by atoms with E-state index in [0.717, 1.165) is 10.1 Å². The Kier molecular flexibility index (Phi) is 1.92. The Bertz CT molecular complexity index is 490. The van der Waals surface area contributed by atoms with Gasteiger partial charge < -0.3 is 5.21 Å². The van der Waals surface area contributed by atoms with Crippen molar-refractivity contribution in [2.45, 2.75) is 13.5 Å². The van der Waals surface area contributed by atoms with Crippen LogP contribution in [0.2, 0.25) is 0 Å². The van der Waals surface area contributed by atoms with E-state index >= 15 is 0 Å². The molecule has 1 N–H and O–H groups in total. The van der Waals surface area contributed by atoms with Crippen molar-refractivity contribution in [1.82, 2.24) is 9.78 Å². The fourth-order valence-electron chi connectivity index (χ4n) is 1.39. The average molecular weight is 192 g/mol. The number of fused-ring (bicyclic) bond motifs is 1. The lowest BCUT2D eigenvalue weighted by Gasteiger charge is -1.93. The van der Waals surface area contributed by atoms with Crippen molar-refractivity contribution >= 4 is 16.8 Å². The number of nitrogens with zero attached hydrogens (tertiary/aromatic N) is 3. The van der Waals surface area contributed by atoms with Gasteiger partial charge in [-0.1, -0.05) is 5.10 Å². The number of ketones is 1. The van der Waals surface area contributed by atoms with Gasteiger partial charge in [0.25, 0.3) is 0 Å². The maximum Gasteiger partial charge on any atom is 0.350 e. The molecule has 0 spiro atoms. The summed E-state index contributed by atoms with van der Waals surface area (Å²) in [5.41, 5.74) is 0.530. The summed E-state index contributed by atoms with van der Waals surface area (Å²) in [7, 11) is 0. The topological polar surface area (TPSA) is 59.0 Å². The van der Waals surface area contributed by atoms with Gasteiger partial charge in [-0.05, 0) is 23.8 Å². The van der Waals surface area contributed by atoms with E-state index in [1.165, 1.54) is 17.8 Å². The fourth-order valence-corrected chi connectivity index (χ4v) is 1.39. The Labute approximate surface area is 80.2 Å². The van der Waals surface area contributed by atoms with Gasteiger partial charge in [0, 0.05) is 0 Å². The number of rotatable bonds is 2. The van der Waals surface area contributed by atoms with Crippen molar-refractivity contribution in [3.8, 4) is 0 Å². The summed E-state index contributed by atoms with van der Waals surface area (Å²) in [6, 6.07) is 3.54.